The summed E-state index contributed by atoms with van der Waals surface area (Å²) in [7, 11) is 0. The van der Waals surface area contributed by atoms with Gasteiger partial charge in [0.1, 0.15) is 11.6 Å². The molecule has 2 aromatic carbocycles. The van der Waals surface area contributed by atoms with Crippen molar-refractivity contribution in [1.82, 2.24) is 0 Å². The first kappa shape index (κ1) is 14.4. The van der Waals surface area contributed by atoms with Gasteiger partial charge in [0, 0.05) is 12.0 Å². The Labute approximate surface area is 119 Å². The summed E-state index contributed by atoms with van der Waals surface area (Å²) in [6.07, 6.45) is 3.57. The Bertz CT molecular complexity index is 572. The lowest BCUT2D eigenvalue weighted by Crippen LogP contribution is -1.92. The van der Waals surface area contributed by atoms with Gasteiger partial charge in [-0.05, 0) is 43.4 Å². The lowest BCUT2D eigenvalue weighted by molar-refractivity contribution is -0.117. The van der Waals surface area contributed by atoms with Gasteiger partial charge in [-0.2, -0.15) is 0 Å². The van der Waals surface area contributed by atoms with Crippen LogP contribution in [-0.2, 0) is 11.2 Å². The summed E-state index contributed by atoms with van der Waals surface area (Å²) in [5.41, 5.74) is 2.76. The zero-order valence-corrected chi connectivity index (χ0v) is 11.7. The Kier molecular flexibility index (Phi) is 5.05. The van der Waals surface area contributed by atoms with Crippen molar-refractivity contribution in [2.45, 2.75) is 32.6 Å². The molecule has 0 saturated carbocycles. The number of aryl methyl sites for hydroxylation is 1. The molecule has 20 heavy (non-hydrogen) atoms. The molecule has 1 nitrogen and oxygen atoms in total. The summed E-state index contributed by atoms with van der Waals surface area (Å²) in [5, 5.41) is 0. The fraction of sp³-hybridized carbons (Fsp3) is 0.278. The predicted molar refractivity (Wildman–Crippen MR) is 80.1 cm³/mol. The van der Waals surface area contributed by atoms with Gasteiger partial charge in [0.15, 0.2) is 0 Å². The van der Waals surface area contributed by atoms with E-state index in [1.807, 2.05) is 30.3 Å². The Morgan fingerprint density at radius 1 is 1.00 bits per heavy atom. The van der Waals surface area contributed by atoms with E-state index in [0.717, 1.165) is 24.8 Å². The number of hydrogen-bond donors (Lipinski definition) is 0. The van der Waals surface area contributed by atoms with Gasteiger partial charge in [0.25, 0.3) is 0 Å². The van der Waals surface area contributed by atoms with E-state index in [0.29, 0.717) is 12.0 Å². The first-order chi connectivity index (χ1) is 9.66. The predicted octanol–water partition coefficient (Wildman–Crippen LogP) is 4.79. The molecule has 0 fully saturated rings. The van der Waals surface area contributed by atoms with Crippen molar-refractivity contribution in [1.29, 1.82) is 0 Å². The number of unbranched alkanes of at least 4 members (excludes halogenated alkanes) is 1. The Morgan fingerprint density at radius 2 is 1.70 bits per heavy atom. The number of carbonyl (C=O) groups excluding carboxylic acids is 1. The van der Waals surface area contributed by atoms with E-state index >= 15 is 0 Å². The van der Waals surface area contributed by atoms with Crippen molar-refractivity contribution in [3.05, 3.63) is 59.9 Å². The van der Waals surface area contributed by atoms with Gasteiger partial charge in [0.05, 0.1) is 0 Å². The minimum Gasteiger partial charge on any atom is -0.300 e. The van der Waals surface area contributed by atoms with E-state index in [2.05, 4.69) is 0 Å². The zero-order valence-electron chi connectivity index (χ0n) is 11.7. The highest BCUT2D eigenvalue weighted by atomic mass is 19.1. The number of ketones is 1. The van der Waals surface area contributed by atoms with Crippen molar-refractivity contribution < 1.29 is 9.18 Å². The summed E-state index contributed by atoms with van der Waals surface area (Å²) >= 11 is 0. The van der Waals surface area contributed by atoms with Gasteiger partial charge in [-0.15, -0.1) is 0 Å². The van der Waals surface area contributed by atoms with E-state index in [1.54, 1.807) is 19.1 Å². The number of Topliss-reactive ketones (excluding diaryl/α,β-unsaturated/α-hetero) is 1. The molecule has 2 rings (SSSR count). The van der Waals surface area contributed by atoms with Crippen molar-refractivity contribution in [2.24, 2.45) is 0 Å². The largest absolute Gasteiger partial charge is 0.300 e. The minimum atomic E-state index is -0.193. The standard InChI is InChI=1S/C18H19FO/c1-14(20)6-2-3-7-15-10-12-16(13-11-15)17-8-4-5-9-18(17)19/h4-5,8-13H,2-3,6-7H2,1H3. The molecule has 0 aromatic heterocycles. The van der Waals surface area contributed by atoms with Crippen LogP contribution in [0.25, 0.3) is 11.1 Å². The molecule has 0 aliphatic heterocycles. The lowest BCUT2D eigenvalue weighted by Gasteiger charge is -2.05. The van der Waals surface area contributed by atoms with Crippen LogP contribution in [0.15, 0.2) is 48.5 Å². The summed E-state index contributed by atoms with van der Waals surface area (Å²) in [4.78, 5) is 10.9. The number of carbonyl (C=O) groups is 1. The smallest absolute Gasteiger partial charge is 0.131 e. The van der Waals surface area contributed by atoms with Crippen molar-refractivity contribution in [3.63, 3.8) is 0 Å². The van der Waals surface area contributed by atoms with Crippen molar-refractivity contribution in [3.8, 4) is 11.1 Å². The Balaban J connectivity index is 1.97. The monoisotopic (exact) mass is 270 g/mol. The van der Waals surface area contributed by atoms with Crippen LogP contribution in [0.5, 0.6) is 0 Å². The van der Waals surface area contributed by atoms with E-state index in [1.165, 1.54) is 11.6 Å². The van der Waals surface area contributed by atoms with E-state index in [9.17, 15) is 9.18 Å². The van der Waals surface area contributed by atoms with Crippen LogP contribution < -0.4 is 0 Å². The van der Waals surface area contributed by atoms with Gasteiger partial charge >= 0.3 is 0 Å². The van der Waals surface area contributed by atoms with Gasteiger partial charge in [-0.1, -0.05) is 42.5 Å². The molecule has 0 saturated heterocycles. The average Bonchev–Trinajstić information content (AvgIpc) is 2.45. The maximum absolute atomic E-state index is 13.7. The van der Waals surface area contributed by atoms with Crippen molar-refractivity contribution >= 4 is 5.78 Å². The van der Waals surface area contributed by atoms with E-state index < -0.39 is 0 Å². The maximum atomic E-state index is 13.7. The quantitative estimate of drug-likeness (QED) is 0.689. The molecular formula is C18H19FO. The number of hydrogen-bond acceptors (Lipinski definition) is 1. The highest BCUT2D eigenvalue weighted by Gasteiger charge is 2.03. The topological polar surface area (TPSA) is 17.1 Å². The van der Waals surface area contributed by atoms with Gasteiger partial charge < -0.3 is 4.79 Å². The zero-order chi connectivity index (χ0) is 14.4. The molecule has 0 unspecified atom stereocenters. The molecule has 2 heteroatoms. The van der Waals surface area contributed by atoms with Crippen LogP contribution >= 0.6 is 0 Å². The number of benzene rings is 2. The van der Waals surface area contributed by atoms with Gasteiger partial charge in [-0.25, -0.2) is 4.39 Å². The summed E-state index contributed by atoms with van der Waals surface area (Å²) in [6, 6.07) is 14.8. The Morgan fingerprint density at radius 3 is 2.35 bits per heavy atom. The van der Waals surface area contributed by atoms with Gasteiger partial charge in [-0.3, -0.25) is 0 Å². The maximum Gasteiger partial charge on any atom is 0.131 e. The molecular weight excluding hydrogens is 251 g/mol. The molecule has 0 atom stereocenters. The summed E-state index contributed by atoms with van der Waals surface area (Å²) < 4.78 is 13.7. The van der Waals surface area contributed by atoms with Gasteiger partial charge in [0.2, 0.25) is 0 Å². The second-order valence-corrected chi connectivity index (χ2v) is 5.09. The van der Waals surface area contributed by atoms with E-state index in [-0.39, 0.29) is 11.6 Å². The number of halogens is 1. The SMILES string of the molecule is CC(=O)CCCCc1ccc(-c2ccccc2F)cc1. The summed E-state index contributed by atoms with van der Waals surface area (Å²) in [5.74, 6) is 0.0570. The average molecular weight is 270 g/mol. The molecule has 0 N–H and O–H groups in total. The third kappa shape index (κ3) is 4.02. The molecule has 0 radical (unpaired) electrons. The van der Waals surface area contributed by atoms with E-state index in [4.69, 9.17) is 0 Å². The van der Waals surface area contributed by atoms with Crippen LogP contribution in [0.1, 0.15) is 31.7 Å². The van der Waals surface area contributed by atoms with Crippen LogP contribution in [-0.4, -0.2) is 5.78 Å². The summed E-state index contributed by atoms with van der Waals surface area (Å²) in [6.45, 7) is 1.63. The lowest BCUT2D eigenvalue weighted by atomic mass is 10.0. The fourth-order valence-corrected chi connectivity index (χ4v) is 2.25. The van der Waals surface area contributed by atoms with Crippen LogP contribution in [0.4, 0.5) is 4.39 Å². The molecule has 2 aromatic rings. The molecule has 104 valence electrons. The molecule has 0 bridgehead atoms. The number of rotatable bonds is 6. The molecule has 0 heterocycles. The van der Waals surface area contributed by atoms with Crippen LogP contribution in [0.2, 0.25) is 0 Å². The second-order valence-electron chi connectivity index (χ2n) is 5.09. The van der Waals surface area contributed by atoms with Crippen molar-refractivity contribution in [2.75, 3.05) is 0 Å². The third-order valence-corrected chi connectivity index (χ3v) is 3.38. The molecule has 0 amide bonds. The van der Waals surface area contributed by atoms with Crippen LogP contribution in [0, 0.1) is 5.82 Å². The molecule has 0 aliphatic carbocycles. The normalized spacial score (nSPS) is 10.5. The molecule has 0 aliphatic rings. The third-order valence-electron chi connectivity index (χ3n) is 3.38. The van der Waals surface area contributed by atoms with Crippen LogP contribution in [0.3, 0.4) is 0 Å². The highest BCUT2D eigenvalue weighted by molar-refractivity contribution is 5.75. The second kappa shape index (κ2) is 6.99. The first-order valence-electron chi connectivity index (χ1n) is 7.00. The highest BCUT2D eigenvalue weighted by Crippen LogP contribution is 2.23. The Hall–Kier alpha value is -1.96. The molecule has 0 spiro atoms. The fourth-order valence-electron chi connectivity index (χ4n) is 2.25. The minimum absolute atomic E-state index is 0.193. The first-order valence-corrected chi connectivity index (χ1v) is 7.00.